The van der Waals surface area contributed by atoms with Crippen LogP contribution in [0.4, 0.5) is 10.2 Å². The molecule has 0 atom stereocenters. The smallest absolute Gasteiger partial charge is 0.338 e. The first-order valence-corrected chi connectivity index (χ1v) is 5.90. The molecule has 0 aliphatic carbocycles. The molecule has 0 fully saturated rings. The number of pyridine rings is 1. The van der Waals surface area contributed by atoms with Gasteiger partial charge in [-0.25, -0.2) is 14.2 Å². The summed E-state index contributed by atoms with van der Waals surface area (Å²) in [7, 11) is 0. The molecule has 0 spiro atoms. The van der Waals surface area contributed by atoms with E-state index in [0.717, 1.165) is 6.07 Å². The van der Waals surface area contributed by atoms with Crippen LogP contribution in [0, 0.1) is 5.82 Å². The summed E-state index contributed by atoms with van der Waals surface area (Å²) in [5.41, 5.74) is -0.459. The van der Waals surface area contributed by atoms with Crippen molar-refractivity contribution < 1.29 is 19.1 Å². The maximum atomic E-state index is 14.0. The number of hydrogen-bond acceptors (Lipinski definition) is 4. The lowest BCUT2D eigenvalue weighted by molar-refractivity contribution is -0.119. The highest BCUT2D eigenvalue weighted by molar-refractivity contribution is 5.89. The zero-order valence-electron chi connectivity index (χ0n) is 10.8. The monoisotopic (exact) mass is 269 g/mol. The van der Waals surface area contributed by atoms with Crippen molar-refractivity contribution in [2.75, 3.05) is 24.5 Å². The molecular weight excluding hydrogens is 253 g/mol. The number of anilines is 1. The van der Waals surface area contributed by atoms with Crippen molar-refractivity contribution in [2.24, 2.45) is 0 Å². The summed E-state index contributed by atoms with van der Waals surface area (Å²) < 4.78 is 14.0. The molecule has 0 saturated carbocycles. The fraction of sp³-hybridized carbons (Fsp3) is 0.417. The Hall–Kier alpha value is -2.18. The fourth-order valence-corrected chi connectivity index (χ4v) is 1.58. The molecular formula is C12H16FN3O3. The van der Waals surface area contributed by atoms with E-state index in [1.807, 2.05) is 0 Å². The first kappa shape index (κ1) is 14.9. The van der Waals surface area contributed by atoms with Crippen molar-refractivity contribution in [3.63, 3.8) is 0 Å². The highest BCUT2D eigenvalue weighted by atomic mass is 19.1. The summed E-state index contributed by atoms with van der Waals surface area (Å²) in [4.78, 5) is 27.5. The van der Waals surface area contributed by atoms with Crippen LogP contribution < -0.4 is 10.2 Å². The van der Waals surface area contributed by atoms with Crippen molar-refractivity contribution in [3.8, 4) is 0 Å². The van der Waals surface area contributed by atoms with Gasteiger partial charge in [0, 0.05) is 19.3 Å². The molecule has 1 rings (SSSR count). The van der Waals surface area contributed by atoms with E-state index in [-0.39, 0.29) is 18.3 Å². The van der Waals surface area contributed by atoms with Crippen LogP contribution in [0.25, 0.3) is 0 Å². The molecule has 1 amide bonds. The number of aromatic nitrogens is 1. The van der Waals surface area contributed by atoms with Gasteiger partial charge in [0.2, 0.25) is 5.91 Å². The minimum atomic E-state index is -1.37. The normalized spacial score (nSPS) is 10.1. The number of carboxylic acids is 1. The van der Waals surface area contributed by atoms with Crippen LogP contribution in [-0.2, 0) is 4.79 Å². The number of amides is 1. The third kappa shape index (κ3) is 3.64. The van der Waals surface area contributed by atoms with E-state index in [4.69, 9.17) is 5.11 Å². The maximum absolute atomic E-state index is 14.0. The quantitative estimate of drug-likeness (QED) is 0.801. The lowest BCUT2D eigenvalue weighted by Crippen LogP contribution is -2.38. The van der Waals surface area contributed by atoms with Gasteiger partial charge in [-0.05, 0) is 19.9 Å². The van der Waals surface area contributed by atoms with E-state index in [1.165, 1.54) is 11.1 Å². The molecule has 0 aromatic carbocycles. The number of aromatic carboxylic acids is 1. The van der Waals surface area contributed by atoms with Gasteiger partial charge in [0.25, 0.3) is 0 Å². The minimum Gasteiger partial charge on any atom is -0.478 e. The Kier molecular flexibility index (Phi) is 5.23. The van der Waals surface area contributed by atoms with Crippen LogP contribution in [-0.4, -0.2) is 41.6 Å². The van der Waals surface area contributed by atoms with Gasteiger partial charge in [0.15, 0.2) is 11.6 Å². The standard InChI is InChI=1S/C12H16FN3O3/c1-3-14-9(17)7-16(4-2)11-10(13)8(12(18)19)5-6-15-11/h5-6H,3-4,7H2,1-2H3,(H,14,17)(H,18,19). The van der Waals surface area contributed by atoms with Crippen molar-refractivity contribution in [3.05, 3.63) is 23.6 Å². The number of carbonyl (C=O) groups is 2. The lowest BCUT2D eigenvalue weighted by atomic mass is 10.2. The van der Waals surface area contributed by atoms with Gasteiger partial charge in [-0.1, -0.05) is 0 Å². The number of nitrogens with one attached hydrogen (secondary N) is 1. The summed E-state index contributed by atoms with van der Waals surface area (Å²) in [6.07, 6.45) is 1.21. The molecule has 0 radical (unpaired) electrons. The Morgan fingerprint density at radius 3 is 2.68 bits per heavy atom. The molecule has 104 valence electrons. The number of carboxylic acid groups (broad SMARTS) is 1. The van der Waals surface area contributed by atoms with Crippen LogP contribution in [0.5, 0.6) is 0 Å². The average Bonchev–Trinajstić information content (AvgIpc) is 2.36. The van der Waals surface area contributed by atoms with E-state index in [1.54, 1.807) is 13.8 Å². The Labute approximate surface area is 110 Å². The molecule has 1 heterocycles. The largest absolute Gasteiger partial charge is 0.478 e. The average molecular weight is 269 g/mol. The predicted octanol–water partition coefficient (Wildman–Crippen LogP) is 0.881. The Morgan fingerprint density at radius 1 is 1.47 bits per heavy atom. The molecule has 1 aromatic rings. The van der Waals surface area contributed by atoms with Gasteiger partial charge in [0.1, 0.15) is 5.56 Å². The first-order valence-electron chi connectivity index (χ1n) is 5.90. The molecule has 2 N–H and O–H groups in total. The van der Waals surface area contributed by atoms with E-state index >= 15 is 0 Å². The van der Waals surface area contributed by atoms with Crippen LogP contribution in [0.3, 0.4) is 0 Å². The molecule has 19 heavy (non-hydrogen) atoms. The van der Waals surface area contributed by atoms with Crippen molar-refractivity contribution in [1.29, 1.82) is 0 Å². The zero-order chi connectivity index (χ0) is 14.4. The molecule has 6 nitrogen and oxygen atoms in total. The second-order valence-electron chi connectivity index (χ2n) is 3.77. The van der Waals surface area contributed by atoms with Gasteiger partial charge in [-0.2, -0.15) is 0 Å². The van der Waals surface area contributed by atoms with E-state index in [9.17, 15) is 14.0 Å². The third-order valence-corrected chi connectivity index (χ3v) is 2.49. The number of rotatable bonds is 6. The van der Waals surface area contributed by atoms with Gasteiger partial charge >= 0.3 is 5.97 Å². The van der Waals surface area contributed by atoms with Crippen LogP contribution >= 0.6 is 0 Å². The Balaban J connectivity index is 3.02. The van der Waals surface area contributed by atoms with Crippen molar-refractivity contribution in [1.82, 2.24) is 10.3 Å². The highest BCUT2D eigenvalue weighted by Gasteiger charge is 2.20. The van der Waals surface area contributed by atoms with Gasteiger partial charge in [-0.3, -0.25) is 4.79 Å². The number of carbonyl (C=O) groups excluding carboxylic acids is 1. The van der Waals surface area contributed by atoms with Gasteiger partial charge in [0.05, 0.1) is 6.54 Å². The number of likely N-dealkylation sites (N-methyl/N-ethyl adjacent to an activating group) is 2. The van der Waals surface area contributed by atoms with E-state index < -0.39 is 17.3 Å². The summed E-state index contributed by atoms with van der Waals surface area (Å²) in [6.45, 7) is 4.24. The topological polar surface area (TPSA) is 82.5 Å². The summed E-state index contributed by atoms with van der Waals surface area (Å²) >= 11 is 0. The zero-order valence-corrected chi connectivity index (χ0v) is 10.8. The van der Waals surface area contributed by atoms with Crippen molar-refractivity contribution in [2.45, 2.75) is 13.8 Å². The Bertz CT molecular complexity index is 479. The Morgan fingerprint density at radius 2 is 2.16 bits per heavy atom. The predicted molar refractivity (Wildman–Crippen MR) is 67.7 cm³/mol. The molecule has 0 unspecified atom stereocenters. The summed E-state index contributed by atoms with van der Waals surface area (Å²) in [6, 6.07) is 1.08. The highest BCUT2D eigenvalue weighted by Crippen LogP contribution is 2.19. The third-order valence-electron chi connectivity index (χ3n) is 2.49. The summed E-state index contributed by atoms with van der Waals surface area (Å²) in [5.74, 6) is -2.70. The number of hydrogen-bond donors (Lipinski definition) is 2. The fourth-order valence-electron chi connectivity index (χ4n) is 1.58. The maximum Gasteiger partial charge on any atom is 0.338 e. The minimum absolute atomic E-state index is 0.0721. The molecule has 0 aliphatic heterocycles. The molecule has 0 aliphatic rings. The molecule has 0 saturated heterocycles. The van der Waals surface area contributed by atoms with Crippen LogP contribution in [0.15, 0.2) is 12.3 Å². The van der Waals surface area contributed by atoms with E-state index in [0.29, 0.717) is 13.1 Å². The second kappa shape index (κ2) is 6.67. The molecule has 7 heteroatoms. The SMILES string of the molecule is CCNC(=O)CN(CC)c1nccc(C(=O)O)c1F. The van der Waals surface area contributed by atoms with Crippen molar-refractivity contribution >= 4 is 17.7 Å². The second-order valence-corrected chi connectivity index (χ2v) is 3.77. The first-order chi connectivity index (χ1) is 9.01. The molecule has 0 bridgehead atoms. The lowest BCUT2D eigenvalue weighted by Gasteiger charge is -2.21. The van der Waals surface area contributed by atoms with E-state index in [2.05, 4.69) is 10.3 Å². The van der Waals surface area contributed by atoms with Gasteiger partial charge < -0.3 is 15.3 Å². The van der Waals surface area contributed by atoms with Gasteiger partial charge in [-0.15, -0.1) is 0 Å². The molecule has 1 aromatic heterocycles. The summed E-state index contributed by atoms with van der Waals surface area (Å²) in [5, 5.41) is 11.4. The number of halogens is 1. The number of nitrogens with zero attached hydrogens (tertiary/aromatic N) is 2. The van der Waals surface area contributed by atoms with Crippen LogP contribution in [0.2, 0.25) is 0 Å². The van der Waals surface area contributed by atoms with Crippen LogP contribution in [0.1, 0.15) is 24.2 Å².